The molecular formula is C24H20ClF7N2O3. The van der Waals surface area contributed by atoms with Gasteiger partial charge < -0.3 is 14.8 Å². The van der Waals surface area contributed by atoms with Crippen LogP contribution in [0.4, 0.5) is 30.7 Å². The van der Waals surface area contributed by atoms with Crippen molar-refractivity contribution in [2.75, 3.05) is 13.1 Å². The average Bonchev–Trinajstić information content (AvgIpc) is 3.22. The molecule has 200 valence electrons. The summed E-state index contributed by atoms with van der Waals surface area (Å²) in [6.07, 6.45) is -11.1. The van der Waals surface area contributed by atoms with Crippen LogP contribution in [0, 0.1) is 0 Å². The number of carbonyl (C=O) groups is 1. The molecule has 0 bridgehead atoms. The maximum absolute atomic E-state index is 15.2. The molecule has 0 spiro atoms. The number of oxime groups is 1. The Labute approximate surface area is 211 Å². The van der Waals surface area contributed by atoms with Crippen molar-refractivity contribution in [2.24, 2.45) is 5.16 Å². The van der Waals surface area contributed by atoms with Crippen LogP contribution in [0.25, 0.3) is 0 Å². The third kappa shape index (κ3) is 4.76. The van der Waals surface area contributed by atoms with Crippen molar-refractivity contribution < 1.29 is 45.5 Å². The predicted molar refractivity (Wildman–Crippen MR) is 119 cm³/mol. The average molecular weight is 553 g/mol. The van der Waals surface area contributed by atoms with Crippen molar-refractivity contribution in [3.8, 4) is 0 Å². The Morgan fingerprint density at radius 1 is 1.03 bits per heavy atom. The van der Waals surface area contributed by atoms with Gasteiger partial charge in [-0.25, -0.2) is 4.39 Å². The second kappa shape index (κ2) is 8.59. The molecule has 1 unspecified atom stereocenters. The maximum Gasteiger partial charge on any atom is 0.435 e. The van der Waals surface area contributed by atoms with Crippen molar-refractivity contribution in [3.63, 3.8) is 0 Å². The van der Waals surface area contributed by atoms with E-state index >= 15 is 4.39 Å². The Morgan fingerprint density at radius 3 is 2.11 bits per heavy atom. The number of halogens is 8. The fraction of sp³-hybridized carbons (Fsp3) is 0.417. The summed E-state index contributed by atoms with van der Waals surface area (Å²) in [6, 6.07) is 7.08. The number of aliphatic hydroxyl groups is 1. The first kappa shape index (κ1) is 27.2. The van der Waals surface area contributed by atoms with Gasteiger partial charge in [-0.3, -0.25) is 4.79 Å². The second-order valence-corrected chi connectivity index (χ2v) is 9.99. The topological polar surface area (TPSA) is 62.1 Å². The van der Waals surface area contributed by atoms with E-state index in [1.54, 1.807) is 0 Å². The van der Waals surface area contributed by atoms with Crippen LogP contribution >= 0.6 is 11.6 Å². The van der Waals surface area contributed by atoms with E-state index in [-0.39, 0.29) is 29.9 Å². The Balaban J connectivity index is 1.57. The van der Waals surface area contributed by atoms with Crippen LogP contribution in [0.1, 0.15) is 42.5 Å². The molecule has 4 rings (SSSR count). The summed E-state index contributed by atoms with van der Waals surface area (Å²) < 4.78 is 97.6. The molecule has 0 radical (unpaired) electrons. The number of hydrogen-bond donors (Lipinski definition) is 1. The predicted octanol–water partition coefficient (Wildman–Crippen LogP) is 5.72. The first-order valence-corrected chi connectivity index (χ1v) is 11.3. The van der Waals surface area contributed by atoms with E-state index in [1.165, 1.54) is 38.1 Å². The normalized spacial score (nSPS) is 21.8. The number of hydrogen-bond acceptors (Lipinski definition) is 4. The molecular weight excluding hydrogens is 533 g/mol. The van der Waals surface area contributed by atoms with Gasteiger partial charge in [0.05, 0.1) is 29.4 Å². The number of carbonyl (C=O) groups excluding carboxylic acids is 1. The Kier molecular flexibility index (Phi) is 6.31. The lowest BCUT2D eigenvalue weighted by Crippen LogP contribution is -2.62. The number of amides is 1. The van der Waals surface area contributed by atoms with Crippen LogP contribution in [0.3, 0.4) is 0 Å². The van der Waals surface area contributed by atoms with Crippen LogP contribution in [-0.4, -0.2) is 46.5 Å². The second-order valence-electron chi connectivity index (χ2n) is 9.59. The summed E-state index contributed by atoms with van der Waals surface area (Å²) in [5, 5.41) is 12.5. The van der Waals surface area contributed by atoms with Crippen molar-refractivity contribution in [1.82, 2.24) is 4.90 Å². The molecule has 2 aliphatic rings. The molecule has 2 aromatic carbocycles. The van der Waals surface area contributed by atoms with Gasteiger partial charge in [-0.05, 0) is 37.1 Å². The van der Waals surface area contributed by atoms with Gasteiger partial charge in [0.2, 0.25) is 0 Å². The van der Waals surface area contributed by atoms with Crippen molar-refractivity contribution >= 4 is 23.2 Å². The quantitative estimate of drug-likeness (QED) is 0.494. The van der Waals surface area contributed by atoms with Gasteiger partial charge in [-0.2, -0.15) is 26.3 Å². The molecule has 37 heavy (non-hydrogen) atoms. The van der Waals surface area contributed by atoms with Crippen molar-refractivity contribution in [2.45, 2.75) is 49.5 Å². The van der Waals surface area contributed by atoms with Gasteiger partial charge >= 0.3 is 12.4 Å². The molecule has 5 nitrogen and oxygen atoms in total. The standard InChI is InChI=1S/C24H20ClF7N2O3/c1-20(2,36)19(35)34-11-21(26,12-34)14-5-3-13(4-6-14)18-10-22(37-33-18,24(30,31)32)15-7-8-17(25)16(9-15)23(27,28)29/h3-9,36H,10-12H2,1-2H3. The van der Waals surface area contributed by atoms with Crippen LogP contribution in [0.15, 0.2) is 47.6 Å². The van der Waals surface area contributed by atoms with E-state index in [0.717, 1.165) is 11.0 Å². The monoisotopic (exact) mass is 552 g/mol. The minimum absolute atomic E-state index is 0.146. The molecule has 2 heterocycles. The van der Waals surface area contributed by atoms with Crippen molar-refractivity contribution in [1.29, 1.82) is 0 Å². The Hall–Kier alpha value is -2.86. The highest BCUT2D eigenvalue weighted by atomic mass is 35.5. The summed E-state index contributed by atoms with van der Waals surface area (Å²) >= 11 is 5.55. The lowest BCUT2D eigenvalue weighted by atomic mass is 9.84. The minimum Gasteiger partial charge on any atom is -0.381 e. The lowest BCUT2D eigenvalue weighted by molar-refractivity contribution is -0.276. The number of likely N-dealkylation sites (tertiary alicyclic amines) is 1. The van der Waals surface area contributed by atoms with E-state index in [0.29, 0.717) is 12.1 Å². The third-order valence-electron chi connectivity index (χ3n) is 6.35. The van der Waals surface area contributed by atoms with E-state index in [2.05, 4.69) is 5.16 Å². The third-order valence-corrected chi connectivity index (χ3v) is 6.68. The van der Waals surface area contributed by atoms with Gasteiger partial charge in [0.15, 0.2) is 5.67 Å². The van der Waals surface area contributed by atoms with Gasteiger partial charge in [0.1, 0.15) is 5.60 Å². The van der Waals surface area contributed by atoms with E-state index < -0.39 is 57.7 Å². The smallest absolute Gasteiger partial charge is 0.381 e. The molecule has 1 saturated heterocycles. The fourth-order valence-corrected chi connectivity index (χ4v) is 4.51. The van der Waals surface area contributed by atoms with E-state index in [4.69, 9.17) is 16.4 Å². The molecule has 1 amide bonds. The summed E-state index contributed by atoms with van der Waals surface area (Å²) in [7, 11) is 0. The summed E-state index contributed by atoms with van der Waals surface area (Å²) in [5.41, 5.74) is -8.92. The van der Waals surface area contributed by atoms with Crippen LogP contribution < -0.4 is 0 Å². The summed E-state index contributed by atoms with van der Waals surface area (Å²) in [5.74, 6) is -0.644. The molecule has 2 aromatic rings. The SMILES string of the molecule is CC(C)(O)C(=O)N1CC(F)(c2ccc(C3=NOC(c4ccc(Cl)c(C(F)(F)F)c4)(C(F)(F)F)C3)cc2)C1. The highest BCUT2D eigenvalue weighted by molar-refractivity contribution is 6.31. The van der Waals surface area contributed by atoms with Gasteiger partial charge in [0.25, 0.3) is 11.5 Å². The van der Waals surface area contributed by atoms with Gasteiger partial charge in [0, 0.05) is 12.0 Å². The maximum atomic E-state index is 15.2. The highest BCUT2D eigenvalue weighted by Crippen LogP contribution is 2.50. The summed E-state index contributed by atoms with van der Waals surface area (Å²) in [4.78, 5) is 18.0. The lowest BCUT2D eigenvalue weighted by Gasteiger charge is -2.46. The van der Waals surface area contributed by atoms with Gasteiger partial charge in [-0.15, -0.1) is 0 Å². The largest absolute Gasteiger partial charge is 0.435 e. The molecule has 1 N–H and O–H groups in total. The zero-order valence-electron chi connectivity index (χ0n) is 19.3. The Morgan fingerprint density at radius 2 is 1.59 bits per heavy atom. The van der Waals surface area contributed by atoms with Crippen molar-refractivity contribution in [3.05, 3.63) is 69.7 Å². The Bertz CT molecular complexity index is 1250. The van der Waals surface area contributed by atoms with Crippen LogP contribution in [0.5, 0.6) is 0 Å². The molecule has 1 atom stereocenters. The van der Waals surface area contributed by atoms with E-state index in [9.17, 15) is 36.2 Å². The molecule has 0 aliphatic carbocycles. The first-order valence-electron chi connectivity index (χ1n) is 10.9. The van der Waals surface area contributed by atoms with Crippen LogP contribution in [0.2, 0.25) is 5.02 Å². The molecule has 0 saturated carbocycles. The molecule has 13 heteroatoms. The van der Waals surface area contributed by atoms with E-state index in [1.807, 2.05) is 0 Å². The zero-order valence-corrected chi connectivity index (χ0v) is 20.1. The number of benzene rings is 2. The number of alkyl halides is 7. The number of nitrogens with zero attached hydrogens (tertiary/aromatic N) is 2. The van der Waals surface area contributed by atoms with Crippen LogP contribution in [-0.2, 0) is 27.1 Å². The molecule has 2 aliphatic heterocycles. The van der Waals surface area contributed by atoms with Gasteiger partial charge in [-0.1, -0.05) is 47.1 Å². The first-order chi connectivity index (χ1) is 16.9. The molecule has 0 aromatic heterocycles. The fourth-order valence-electron chi connectivity index (χ4n) is 4.29. The molecule has 1 fully saturated rings. The zero-order chi connectivity index (χ0) is 27.6. The summed E-state index contributed by atoms with van der Waals surface area (Å²) in [6.45, 7) is 1.94. The highest BCUT2D eigenvalue weighted by Gasteiger charge is 2.62. The number of rotatable bonds is 4. The minimum atomic E-state index is -5.14.